The summed E-state index contributed by atoms with van der Waals surface area (Å²) in [6.07, 6.45) is 41.1. The van der Waals surface area contributed by atoms with Crippen LogP contribution in [-0.2, 0) is 0 Å². The number of hydrogen-bond acceptors (Lipinski definition) is 0. The van der Waals surface area contributed by atoms with E-state index in [2.05, 4.69) is 27.7 Å². The first-order valence-corrected chi connectivity index (χ1v) is 18.1. The summed E-state index contributed by atoms with van der Waals surface area (Å²) in [6.45, 7) is 15.1. The van der Waals surface area contributed by atoms with E-state index in [1.165, 1.54) is 210 Å². The fourth-order valence-electron chi connectivity index (χ4n) is 6.25. The molecule has 0 rings (SSSR count). The molecule has 0 aromatic rings. The van der Waals surface area contributed by atoms with Crippen molar-refractivity contribution in [3.8, 4) is 0 Å². The molecular weight excluding hydrogens is 457 g/mol. The molecule has 38 heavy (non-hydrogen) atoms. The molecule has 0 spiro atoms. The molecule has 0 unspecified atom stereocenters. The summed E-state index contributed by atoms with van der Waals surface area (Å²) < 4.78 is 1.39. The molecule has 0 aliphatic heterocycles. The summed E-state index contributed by atoms with van der Waals surface area (Å²) in [5, 5.41) is 0. The van der Waals surface area contributed by atoms with E-state index in [4.69, 9.17) is 0 Å². The molecule has 3 radical (unpaired) electrons. The third-order valence-electron chi connectivity index (χ3n) is 9.31. The van der Waals surface area contributed by atoms with Crippen molar-refractivity contribution in [1.29, 1.82) is 0 Å². The molecule has 0 amide bonds. The van der Waals surface area contributed by atoms with Crippen molar-refractivity contribution in [2.45, 2.75) is 207 Å². The van der Waals surface area contributed by atoms with E-state index in [9.17, 15) is 0 Å². The lowest BCUT2D eigenvalue weighted by Crippen LogP contribution is -2.49. The molecule has 227 valence electrons. The first kappa shape index (κ1) is 40.2. The van der Waals surface area contributed by atoms with Gasteiger partial charge in [-0.1, -0.05) is 168 Å². The topological polar surface area (TPSA) is 0 Å². The Labute approximate surface area is 246 Å². The van der Waals surface area contributed by atoms with Gasteiger partial charge in [-0.3, -0.25) is 0 Å². The van der Waals surface area contributed by atoms with Gasteiger partial charge >= 0.3 is 0 Å². The van der Waals surface area contributed by atoms with Gasteiger partial charge in [0.05, 0.1) is 26.2 Å². The minimum absolute atomic E-state index is 0. The number of nitrogens with zero attached hydrogens (tertiary/aromatic N) is 1. The van der Waals surface area contributed by atoms with Gasteiger partial charge in [0.25, 0.3) is 0 Å². The molecule has 0 saturated carbocycles. The Hall–Kier alpha value is 0.0249. The lowest BCUT2D eigenvalue weighted by atomic mass is 10.0. The average molecular weight is 534 g/mol. The molecule has 0 aliphatic rings. The number of rotatable bonds is 32. The molecule has 0 aromatic heterocycles. The molecule has 0 heterocycles. The fraction of sp³-hybridized carbons (Fsp3) is 1.00. The van der Waals surface area contributed by atoms with E-state index in [-0.39, 0.29) is 8.41 Å². The van der Waals surface area contributed by atoms with E-state index in [1.807, 2.05) is 0 Å². The summed E-state index contributed by atoms with van der Waals surface area (Å²) in [5.74, 6) is 0. The molecule has 2 heteroatoms. The van der Waals surface area contributed by atoms with Crippen molar-refractivity contribution in [3.05, 3.63) is 0 Å². The third-order valence-corrected chi connectivity index (χ3v) is 9.31. The molecule has 1 nitrogen and oxygen atoms in total. The summed E-state index contributed by atoms with van der Waals surface area (Å²) in [4.78, 5) is 0. The van der Waals surface area contributed by atoms with Gasteiger partial charge in [-0.05, 0) is 39.5 Å². The van der Waals surface area contributed by atoms with Gasteiger partial charge in [0, 0.05) is 8.41 Å². The predicted octanol–water partition coefficient (Wildman–Crippen LogP) is 12.4. The maximum absolute atomic E-state index is 2.44. The zero-order chi connectivity index (χ0) is 27.1. The van der Waals surface area contributed by atoms with Crippen molar-refractivity contribution < 1.29 is 4.48 Å². The van der Waals surface area contributed by atoms with Crippen molar-refractivity contribution in [2.75, 3.05) is 26.2 Å². The van der Waals surface area contributed by atoms with Crippen LogP contribution in [0.15, 0.2) is 0 Å². The van der Waals surface area contributed by atoms with E-state index in [0.717, 1.165) is 0 Å². The van der Waals surface area contributed by atoms with Crippen LogP contribution in [0.25, 0.3) is 0 Å². The molecule has 0 aromatic carbocycles. The Morgan fingerprint density at radius 2 is 0.447 bits per heavy atom. The zero-order valence-electron chi connectivity index (χ0n) is 27.7. The van der Waals surface area contributed by atoms with E-state index < -0.39 is 0 Å². The number of hydrogen-bond donors (Lipinski definition) is 0. The van der Waals surface area contributed by atoms with Crippen molar-refractivity contribution in [2.24, 2.45) is 0 Å². The highest BCUT2D eigenvalue weighted by atomic mass is 15.3. The molecule has 0 atom stereocenters. The maximum atomic E-state index is 2.44. The highest BCUT2D eigenvalue weighted by Gasteiger charge is 2.21. The standard InChI is InChI=1S/C36H76N.B/c1-5-9-11-13-15-17-19-21-23-25-27-29-31-33-35-37(7-3,8-4)36-34-32-30-28-26-24-22-20-18-16-14-12-10-6-2;/h5-36H2,1-4H3;/q+1;. The quantitative estimate of drug-likeness (QED) is 0.0458. The van der Waals surface area contributed by atoms with Gasteiger partial charge in [0.2, 0.25) is 0 Å². The van der Waals surface area contributed by atoms with Crippen LogP contribution in [0, 0.1) is 0 Å². The first-order chi connectivity index (χ1) is 18.2. The minimum atomic E-state index is 0. The Balaban J connectivity index is 0. The Bertz CT molecular complexity index is 372. The van der Waals surface area contributed by atoms with Crippen LogP contribution in [-0.4, -0.2) is 39.1 Å². The average Bonchev–Trinajstić information content (AvgIpc) is 2.92. The summed E-state index contributed by atoms with van der Waals surface area (Å²) in [6, 6.07) is 0. The maximum Gasteiger partial charge on any atom is 0.0786 e. The van der Waals surface area contributed by atoms with Crippen LogP contribution in [0.5, 0.6) is 0 Å². The van der Waals surface area contributed by atoms with Crippen LogP contribution < -0.4 is 0 Å². The van der Waals surface area contributed by atoms with Crippen LogP contribution in [0.2, 0.25) is 0 Å². The van der Waals surface area contributed by atoms with E-state index in [0.29, 0.717) is 0 Å². The Morgan fingerprint density at radius 1 is 0.263 bits per heavy atom. The predicted molar refractivity (Wildman–Crippen MR) is 177 cm³/mol. The van der Waals surface area contributed by atoms with E-state index >= 15 is 0 Å². The molecule has 0 N–H and O–H groups in total. The third kappa shape index (κ3) is 27.6. The lowest BCUT2D eigenvalue weighted by Gasteiger charge is -2.37. The van der Waals surface area contributed by atoms with Crippen LogP contribution >= 0.6 is 0 Å². The summed E-state index contributed by atoms with van der Waals surface area (Å²) in [5.41, 5.74) is 0. The monoisotopic (exact) mass is 534 g/mol. The Kier molecular flexibility index (Phi) is 35.1. The lowest BCUT2D eigenvalue weighted by molar-refractivity contribution is -0.925. The molecule has 0 saturated heterocycles. The van der Waals surface area contributed by atoms with Crippen LogP contribution in [0.3, 0.4) is 0 Å². The summed E-state index contributed by atoms with van der Waals surface area (Å²) in [7, 11) is 0. The highest BCUT2D eigenvalue weighted by Crippen LogP contribution is 2.17. The first-order valence-electron chi connectivity index (χ1n) is 18.1. The second kappa shape index (κ2) is 33.2. The largest absolute Gasteiger partial charge is 0.324 e. The van der Waals surface area contributed by atoms with Gasteiger partial charge in [-0.2, -0.15) is 0 Å². The van der Waals surface area contributed by atoms with Gasteiger partial charge in [0.15, 0.2) is 0 Å². The molecular formula is C36H76BN+. The van der Waals surface area contributed by atoms with Crippen molar-refractivity contribution in [1.82, 2.24) is 0 Å². The molecule has 0 bridgehead atoms. The van der Waals surface area contributed by atoms with Crippen molar-refractivity contribution >= 4 is 8.41 Å². The van der Waals surface area contributed by atoms with Gasteiger partial charge in [-0.25, -0.2) is 0 Å². The van der Waals surface area contributed by atoms with Gasteiger partial charge < -0.3 is 4.48 Å². The molecule has 0 aliphatic carbocycles. The highest BCUT2D eigenvalue weighted by molar-refractivity contribution is 5.75. The second-order valence-corrected chi connectivity index (χ2v) is 12.6. The van der Waals surface area contributed by atoms with Gasteiger partial charge in [-0.15, -0.1) is 0 Å². The van der Waals surface area contributed by atoms with Crippen LogP contribution in [0.4, 0.5) is 0 Å². The smallest absolute Gasteiger partial charge is 0.0786 e. The van der Waals surface area contributed by atoms with Crippen LogP contribution in [0.1, 0.15) is 207 Å². The normalized spacial score (nSPS) is 11.7. The minimum Gasteiger partial charge on any atom is -0.324 e. The molecule has 0 fully saturated rings. The number of quaternary nitrogens is 1. The fourth-order valence-corrected chi connectivity index (χ4v) is 6.25. The Morgan fingerprint density at radius 3 is 0.632 bits per heavy atom. The van der Waals surface area contributed by atoms with E-state index in [1.54, 1.807) is 0 Å². The SMILES string of the molecule is CCCCCCCCCCCCCCCC[N+](CC)(CC)CCCCCCCCCCCCCCCC.[B]. The summed E-state index contributed by atoms with van der Waals surface area (Å²) >= 11 is 0. The zero-order valence-corrected chi connectivity index (χ0v) is 27.7. The second-order valence-electron chi connectivity index (χ2n) is 12.6. The number of unbranched alkanes of at least 4 members (excludes halogenated alkanes) is 26. The van der Waals surface area contributed by atoms with Crippen molar-refractivity contribution in [3.63, 3.8) is 0 Å². The van der Waals surface area contributed by atoms with Gasteiger partial charge in [0.1, 0.15) is 0 Å².